The summed E-state index contributed by atoms with van der Waals surface area (Å²) in [6, 6.07) is 6.10. The van der Waals surface area contributed by atoms with E-state index in [-0.39, 0.29) is 52.4 Å². The summed E-state index contributed by atoms with van der Waals surface area (Å²) in [5.41, 5.74) is 1.55. The van der Waals surface area contributed by atoms with Crippen molar-refractivity contribution in [1.82, 2.24) is 10.6 Å². The van der Waals surface area contributed by atoms with E-state index in [0.717, 1.165) is 36.7 Å². The van der Waals surface area contributed by atoms with E-state index >= 15 is 0 Å². The maximum absolute atomic E-state index is 13.3. The largest absolute Gasteiger partial charge is 0.480 e. The molecule has 1 unspecified atom stereocenters. The molecule has 1 amide bonds. The number of aliphatic carboxylic acids is 1. The molecular weight excluding hydrogens is 602 g/mol. The van der Waals surface area contributed by atoms with Crippen molar-refractivity contribution < 1.29 is 24.2 Å². The standard InChI is InChI=1S/C24H35N3O5S.2BrH/c1-2-32-24(31)20(16-33-14-11-17-9-12-25-13-10-17)26-19-8-7-18-5-3-4-6-21(18)27(23(19)30)15-22(28)29;;/h3-6,17,19-20,25-26H,2,7-16H2,1H3,(H,28,29);2*1H/t19?,20-;;/m0../s1. The predicted octanol–water partition coefficient (Wildman–Crippen LogP) is 3.22. The number of halogens is 2. The number of nitrogens with zero attached hydrogens (tertiary/aromatic N) is 1. The van der Waals surface area contributed by atoms with Crippen LogP contribution in [0.15, 0.2) is 24.3 Å². The molecule has 0 aliphatic carbocycles. The number of piperidine rings is 1. The number of nitrogens with one attached hydrogen (secondary N) is 2. The van der Waals surface area contributed by atoms with E-state index < -0.39 is 24.6 Å². The van der Waals surface area contributed by atoms with Gasteiger partial charge in [-0.3, -0.25) is 24.6 Å². The van der Waals surface area contributed by atoms with Gasteiger partial charge in [0.1, 0.15) is 12.6 Å². The fraction of sp³-hybridized carbons (Fsp3) is 0.625. The molecule has 1 saturated heterocycles. The zero-order chi connectivity index (χ0) is 23.6. The smallest absolute Gasteiger partial charge is 0.324 e. The normalized spacial score (nSPS) is 18.9. The van der Waals surface area contributed by atoms with Crippen molar-refractivity contribution in [2.45, 2.75) is 51.1 Å². The molecule has 1 aromatic carbocycles. The molecule has 1 aromatic rings. The summed E-state index contributed by atoms with van der Waals surface area (Å²) in [6.45, 7) is 3.76. The molecule has 3 N–H and O–H groups in total. The number of aryl methyl sites for hydroxylation is 1. The lowest BCUT2D eigenvalue weighted by Crippen LogP contribution is -2.53. The molecule has 0 aromatic heterocycles. The number of ether oxygens (including phenoxy) is 1. The van der Waals surface area contributed by atoms with Gasteiger partial charge in [-0.25, -0.2) is 0 Å². The third-order valence-corrected chi connectivity index (χ3v) is 7.32. The second kappa shape index (κ2) is 16.6. The number of amides is 1. The number of para-hydroxylation sites is 1. The molecule has 2 heterocycles. The van der Waals surface area contributed by atoms with E-state index in [2.05, 4.69) is 10.6 Å². The van der Waals surface area contributed by atoms with Crippen molar-refractivity contribution in [1.29, 1.82) is 0 Å². The number of fused-ring (bicyclic) bond motifs is 1. The molecule has 0 bridgehead atoms. The van der Waals surface area contributed by atoms with Gasteiger partial charge in [0, 0.05) is 11.4 Å². The lowest BCUT2D eigenvalue weighted by atomic mass is 9.96. The van der Waals surface area contributed by atoms with E-state index in [1.165, 1.54) is 17.7 Å². The first-order chi connectivity index (χ1) is 16.0. The first-order valence-corrected chi connectivity index (χ1v) is 13.0. The van der Waals surface area contributed by atoms with Gasteiger partial charge in [0.05, 0.1) is 12.6 Å². The summed E-state index contributed by atoms with van der Waals surface area (Å²) in [5, 5.41) is 16.0. The lowest BCUT2D eigenvalue weighted by molar-refractivity contribution is -0.145. The van der Waals surface area contributed by atoms with Gasteiger partial charge in [-0.15, -0.1) is 34.0 Å². The number of thioether (sulfide) groups is 1. The molecule has 198 valence electrons. The highest BCUT2D eigenvalue weighted by molar-refractivity contribution is 8.93. The molecule has 2 atom stereocenters. The summed E-state index contributed by atoms with van der Waals surface area (Å²) in [7, 11) is 0. The zero-order valence-corrected chi connectivity index (χ0v) is 24.3. The summed E-state index contributed by atoms with van der Waals surface area (Å²) in [4.78, 5) is 38.8. The van der Waals surface area contributed by atoms with Crippen molar-refractivity contribution >= 4 is 69.3 Å². The number of anilines is 1. The summed E-state index contributed by atoms with van der Waals surface area (Å²) in [5.74, 6) is 0.424. The number of carbonyl (C=O) groups is 3. The molecular formula is C24H37Br2N3O5S. The van der Waals surface area contributed by atoms with Crippen molar-refractivity contribution in [3.8, 4) is 0 Å². The summed E-state index contributed by atoms with van der Waals surface area (Å²) in [6.07, 6.45) is 4.61. The van der Waals surface area contributed by atoms with Crippen LogP contribution < -0.4 is 15.5 Å². The number of esters is 1. The Hall–Kier alpha value is -1.14. The first kappa shape index (κ1) is 31.9. The van der Waals surface area contributed by atoms with E-state index in [0.29, 0.717) is 24.3 Å². The Kier molecular flexibility index (Phi) is 15.1. The van der Waals surface area contributed by atoms with Crippen LogP contribution in [0.5, 0.6) is 0 Å². The highest BCUT2D eigenvalue weighted by atomic mass is 79.9. The van der Waals surface area contributed by atoms with Crippen LogP contribution in [0.3, 0.4) is 0 Å². The van der Waals surface area contributed by atoms with Gasteiger partial charge in [0.2, 0.25) is 5.91 Å². The van der Waals surface area contributed by atoms with Crippen molar-refractivity contribution in [2.24, 2.45) is 5.92 Å². The van der Waals surface area contributed by atoms with Gasteiger partial charge in [0.25, 0.3) is 0 Å². The van der Waals surface area contributed by atoms with Gasteiger partial charge < -0.3 is 15.2 Å². The third-order valence-electron chi connectivity index (χ3n) is 6.23. The summed E-state index contributed by atoms with van der Waals surface area (Å²) < 4.78 is 5.27. The minimum atomic E-state index is -1.07. The average molecular weight is 639 g/mol. The van der Waals surface area contributed by atoms with E-state index in [4.69, 9.17) is 4.74 Å². The number of hydrogen-bond donors (Lipinski definition) is 3. The van der Waals surface area contributed by atoms with Crippen LogP contribution in [0.4, 0.5) is 5.69 Å². The van der Waals surface area contributed by atoms with Gasteiger partial charge in [0.15, 0.2) is 0 Å². The second-order valence-electron chi connectivity index (χ2n) is 8.57. The van der Waals surface area contributed by atoms with Crippen LogP contribution >= 0.6 is 45.7 Å². The molecule has 3 rings (SSSR count). The Balaban J connectivity index is 0.00000306. The summed E-state index contributed by atoms with van der Waals surface area (Å²) >= 11 is 1.70. The number of hydrogen-bond acceptors (Lipinski definition) is 7. The molecule has 35 heavy (non-hydrogen) atoms. The third kappa shape index (κ3) is 9.68. The Morgan fingerprint density at radius 1 is 1.23 bits per heavy atom. The van der Waals surface area contributed by atoms with Crippen LogP contribution in [0.2, 0.25) is 0 Å². The fourth-order valence-electron chi connectivity index (χ4n) is 4.46. The molecule has 0 spiro atoms. The molecule has 8 nitrogen and oxygen atoms in total. The highest BCUT2D eigenvalue weighted by Crippen LogP contribution is 2.27. The second-order valence-corrected chi connectivity index (χ2v) is 9.72. The van der Waals surface area contributed by atoms with Crippen molar-refractivity contribution in [2.75, 3.05) is 42.6 Å². The minimum absolute atomic E-state index is 0. The maximum Gasteiger partial charge on any atom is 0.324 e. The Labute approximate surface area is 232 Å². The van der Waals surface area contributed by atoms with E-state index in [9.17, 15) is 19.5 Å². The number of carboxylic acid groups (broad SMARTS) is 1. The zero-order valence-electron chi connectivity index (χ0n) is 20.1. The minimum Gasteiger partial charge on any atom is -0.480 e. The average Bonchev–Trinajstić information content (AvgIpc) is 2.93. The van der Waals surface area contributed by atoms with Crippen LogP contribution in [-0.2, 0) is 25.5 Å². The molecule has 2 aliphatic heterocycles. The number of rotatable bonds is 11. The monoisotopic (exact) mass is 637 g/mol. The molecule has 11 heteroatoms. The van der Waals surface area contributed by atoms with Crippen LogP contribution in [0.25, 0.3) is 0 Å². The van der Waals surface area contributed by atoms with Gasteiger partial charge >= 0.3 is 11.9 Å². The predicted molar refractivity (Wildman–Crippen MR) is 150 cm³/mol. The first-order valence-electron chi connectivity index (χ1n) is 11.8. The van der Waals surface area contributed by atoms with Gasteiger partial charge in [-0.05, 0) is 75.4 Å². The molecule has 2 aliphatic rings. The molecule has 1 fully saturated rings. The SMILES string of the molecule is Br.Br.CCOC(=O)[C@H](CSCCC1CCNCC1)NC1CCc2ccccc2N(CC(=O)O)C1=O. The van der Waals surface area contributed by atoms with Crippen molar-refractivity contribution in [3.63, 3.8) is 0 Å². The van der Waals surface area contributed by atoms with Crippen LogP contribution in [-0.4, -0.2) is 72.8 Å². The molecule has 0 radical (unpaired) electrons. The Bertz CT molecular complexity index is 826. The quantitative estimate of drug-likeness (QED) is 0.251. The Morgan fingerprint density at radius 2 is 1.94 bits per heavy atom. The number of benzene rings is 1. The topological polar surface area (TPSA) is 108 Å². The van der Waals surface area contributed by atoms with Gasteiger partial charge in [-0.2, -0.15) is 11.8 Å². The van der Waals surface area contributed by atoms with Crippen LogP contribution in [0.1, 0.15) is 38.2 Å². The highest BCUT2D eigenvalue weighted by Gasteiger charge is 2.34. The maximum atomic E-state index is 13.3. The van der Waals surface area contributed by atoms with Crippen LogP contribution in [0, 0.1) is 5.92 Å². The van der Waals surface area contributed by atoms with Crippen molar-refractivity contribution in [3.05, 3.63) is 29.8 Å². The Morgan fingerprint density at radius 3 is 2.63 bits per heavy atom. The fourth-order valence-corrected chi connectivity index (χ4v) is 5.59. The van der Waals surface area contributed by atoms with E-state index in [1.54, 1.807) is 30.8 Å². The number of carbonyl (C=O) groups excluding carboxylic acids is 2. The van der Waals surface area contributed by atoms with Gasteiger partial charge in [-0.1, -0.05) is 18.2 Å². The lowest BCUT2D eigenvalue weighted by Gasteiger charge is -2.27. The van der Waals surface area contributed by atoms with E-state index in [1.807, 2.05) is 12.1 Å². The molecule has 0 saturated carbocycles. The number of carboxylic acids is 1.